The van der Waals surface area contributed by atoms with Crippen LogP contribution >= 0.6 is 0 Å². The van der Waals surface area contributed by atoms with Gasteiger partial charge in [0.15, 0.2) is 0 Å². The third kappa shape index (κ3) is 2.92. The van der Waals surface area contributed by atoms with Crippen LogP contribution in [-0.4, -0.2) is 31.8 Å². The SMILES string of the molecule is CCOC(=O)c1cc(NC2CCOC2)ccc1N. The zero-order valence-electron chi connectivity index (χ0n) is 10.4. The van der Waals surface area contributed by atoms with Crippen LogP contribution in [0.3, 0.4) is 0 Å². The van der Waals surface area contributed by atoms with Gasteiger partial charge in [0.1, 0.15) is 0 Å². The second-order valence-electron chi connectivity index (χ2n) is 4.23. The minimum atomic E-state index is -0.388. The van der Waals surface area contributed by atoms with Gasteiger partial charge in [-0.15, -0.1) is 0 Å². The van der Waals surface area contributed by atoms with Crippen LogP contribution in [0, 0.1) is 0 Å². The summed E-state index contributed by atoms with van der Waals surface area (Å²) in [5.74, 6) is -0.388. The molecule has 0 bridgehead atoms. The molecule has 18 heavy (non-hydrogen) atoms. The number of ether oxygens (including phenoxy) is 2. The quantitative estimate of drug-likeness (QED) is 0.628. The number of rotatable bonds is 4. The van der Waals surface area contributed by atoms with E-state index < -0.39 is 0 Å². The van der Waals surface area contributed by atoms with Crippen LogP contribution in [0.5, 0.6) is 0 Å². The number of nitrogens with two attached hydrogens (primary N) is 1. The molecule has 1 saturated heterocycles. The second-order valence-corrected chi connectivity index (χ2v) is 4.23. The van der Waals surface area contributed by atoms with E-state index >= 15 is 0 Å². The first-order chi connectivity index (χ1) is 8.70. The van der Waals surface area contributed by atoms with Crippen LogP contribution in [0.4, 0.5) is 11.4 Å². The monoisotopic (exact) mass is 250 g/mol. The van der Waals surface area contributed by atoms with E-state index in [9.17, 15) is 4.79 Å². The Balaban J connectivity index is 2.12. The first-order valence-corrected chi connectivity index (χ1v) is 6.11. The van der Waals surface area contributed by atoms with Crippen molar-refractivity contribution in [3.63, 3.8) is 0 Å². The third-order valence-corrected chi connectivity index (χ3v) is 2.85. The Morgan fingerprint density at radius 1 is 1.61 bits per heavy atom. The van der Waals surface area contributed by atoms with Gasteiger partial charge < -0.3 is 20.5 Å². The largest absolute Gasteiger partial charge is 0.462 e. The topological polar surface area (TPSA) is 73.6 Å². The van der Waals surface area contributed by atoms with E-state index in [0.717, 1.165) is 18.7 Å². The van der Waals surface area contributed by atoms with Gasteiger partial charge in [-0.05, 0) is 31.5 Å². The molecule has 1 heterocycles. The molecular weight excluding hydrogens is 232 g/mol. The number of esters is 1. The zero-order valence-corrected chi connectivity index (χ0v) is 10.4. The molecule has 1 fully saturated rings. The van der Waals surface area contributed by atoms with Gasteiger partial charge in [-0.1, -0.05) is 0 Å². The molecule has 1 atom stereocenters. The number of anilines is 2. The molecule has 0 aliphatic carbocycles. The van der Waals surface area contributed by atoms with Gasteiger partial charge in [-0.3, -0.25) is 0 Å². The van der Waals surface area contributed by atoms with E-state index in [1.54, 1.807) is 19.1 Å². The maximum Gasteiger partial charge on any atom is 0.340 e. The number of nitrogen functional groups attached to an aromatic ring is 1. The van der Waals surface area contributed by atoms with Crippen molar-refractivity contribution in [3.8, 4) is 0 Å². The lowest BCUT2D eigenvalue weighted by Crippen LogP contribution is -2.19. The molecule has 0 spiro atoms. The summed E-state index contributed by atoms with van der Waals surface area (Å²) < 4.78 is 10.3. The second kappa shape index (κ2) is 5.73. The summed E-state index contributed by atoms with van der Waals surface area (Å²) in [6.45, 7) is 3.58. The fraction of sp³-hybridized carbons (Fsp3) is 0.462. The Kier molecular flexibility index (Phi) is 4.04. The highest BCUT2D eigenvalue weighted by Crippen LogP contribution is 2.21. The Morgan fingerprint density at radius 3 is 3.11 bits per heavy atom. The first kappa shape index (κ1) is 12.7. The number of carbonyl (C=O) groups excluding carboxylic acids is 1. The summed E-state index contributed by atoms with van der Waals surface area (Å²) in [5.41, 5.74) is 7.47. The summed E-state index contributed by atoms with van der Waals surface area (Å²) in [6.07, 6.45) is 0.971. The number of carbonyl (C=O) groups is 1. The molecule has 5 heteroatoms. The minimum Gasteiger partial charge on any atom is -0.462 e. The molecule has 1 aliphatic heterocycles. The van der Waals surface area contributed by atoms with E-state index in [1.807, 2.05) is 6.07 Å². The standard InChI is InChI=1S/C13H18N2O3/c1-2-18-13(16)11-7-9(3-4-12(11)14)15-10-5-6-17-8-10/h3-4,7,10,15H,2,5-6,8,14H2,1H3. The predicted octanol–water partition coefficient (Wildman–Crippen LogP) is 1.65. The normalized spacial score (nSPS) is 18.6. The fourth-order valence-corrected chi connectivity index (χ4v) is 1.92. The van der Waals surface area contributed by atoms with Crippen LogP contribution in [-0.2, 0) is 9.47 Å². The molecule has 1 aliphatic rings. The molecular formula is C13H18N2O3. The molecule has 2 rings (SSSR count). The number of hydrogen-bond donors (Lipinski definition) is 2. The summed E-state index contributed by atoms with van der Waals surface area (Å²) in [7, 11) is 0. The molecule has 0 radical (unpaired) electrons. The number of nitrogens with one attached hydrogen (secondary N) is 1. The van der Waals surface area contributed by atoms with Gasteiger partial charge >= 0.3 is 5.97 Å². The molecule has 1 unspecified atom stereocenters. The van der Waals surface area contributed by atoms with Crippen molar-refractivity contribution in [2.24, 2.45) is 0 Å². The van der Waals surface area contributed by atoms with Crippen LogP contribution in [0.25, 0.3) is 0 Å². The van der Waals surface area contributed by atoms with Crippen LogP contribution < -0.4 is 11.1 Å². The minimum absolute atomic E-state index is 0.295. The Bertz CT molecular complexity index is 428. The summed E-state index contributed by atoms with van der Waals surface area (Å²) in [6, 6.07) is 5.59. The molecule has 5 nitrogen and oxygen atoms in total. The zero-order chi connectivity index (χ0) is 13.0. The van der Waals surface area contributed by atoms with E-state index in [-0.39, 0.29) is 5.97 Å². The van der Waals surface area contributed by atoms with E-state index in [0.29, 0.717) is 30.5 Å². The number of benzene rings is 1. The van der Waals surface area contributed by atoms with Crippen LogP contribution in [0.15, 0.2) is 18.2 Å². The van der Waals surface area contributed by atoms with Crippen molar-refractivity contribution in [1.82, 2.24) is 0 Å². The molecule has 0 aromatic heterocycles. The van der Waals surface area contributed by atoms with E-state index in [4.69, 9.17) is 15.2 Å². The van der Waals surface area contributed by atoms with Crippen molar-refractivity contribution in [1.29, 1.82) is 0 Å². The molecule has 0 saturated carbocycles. The van der Waals surface area contributed by atoms with Crippen molar-refractivity contribution in [3.05, 3.63) is 23.8 Å². The summed E-state index contributed by atoms with van der Waals surface area (Å²) >= 11 is 0. The average molecular weight is 250 g/mol. The van der Waals surface area contributed by atoms with Gasteiger partial charge in [0.2, 0.25) is 0 Å². The lowest BCUT2D eigenvalue weighted by Gasteiger charge is -2.14. The maximum atomic E-state index is 11.7. The Hall–Kier alpha value is -1.75. The fourth-order valence-electron chi connectivity index (χ4n) is 1.92. The lowest BCUT2D eigenvalue weighted by atomic mass is 10.1. The number of hydrogen-bond acceptors (Lipinski definition) is 5. The van der Waals surface area contributed by atoms with Crippen LogP contribution in [0.1, 0.15) is 23.7 Å². The van der Waals surface area contributed by atoms with Gasteiger partial charge in [-0.2, -0.15) is 0 Å². The first-order valence-electron chi connectivity index (χ1n) is 6.11. The Morgan fingerprint density at radius 2 is 2.44 bits per heavy atom. The van der Waals surface area contributed by atoms with Gasteiger partial charge in [0.25, 0.3) is 0 Å². The highest BCUT2D eigenvalue weighted by Gasteiger charge is 2.17. The van der Waals surface area contributed by atoms with Gasteiger partial charge in [0, 0.05) is 18.0 Å². The van der Waals surface area contributed by atoms with Crippen LogP contribution in [0.2, 0.25) is 0 Å². The summed E-state index contributed by atoms with van der Waals surface area (Å²) in [5, 5.41) is 3.32. The Labute approximate surface area is 106 Å². The highest BCUT2D eigenvalue weighted by atomic mass is 16.5. The lowest BCUT2D eigenvalue weighted by molar-refractivity contribution is 0.0527. The molecule has 1 aromatic rings. The smallest absolute Gasteiger partial charge is 0.340 e. The molecule has 0 amide bonds. The van der Waals surface area contributed by atoms with Gasteiger partial charge in [-0.25, -0.2) is 4.79 Å². The summed E-state index contributed by atoms with van der Waals surface area (Å²) in [4.78, 5) is 11.7. The van der Waals surface area contributed by atoms with Crippen molar-refractivity contribution >= 4 is 17.3 Å². The van der Waals surface area contributed by atoms with Crippen molar-refractivity contribution < 1.29 is 14.3 Å². The molecule has 3 N–H and O–H groups in total. The molecule has 1 aromatic carbocycles. The average Bonchev–Trinajstić information content (AvgIpc) is 2.84. The van der Waals surface area contributed by atoms with Crippen molar-refractivity contribution in [2.45, 2.75) is 19.4 Å². The predicted molar refractivity (Wildman–Crippen MR) is 69.7 cm³/mol. The third-order valence-electron chi connectivity index (χ3n) is 2.85. The van der Waals surface area contributed by atoms with Gasteiger partial charge in [0.05, 0.1) is 24.8 Å². The maximum absolute atomic E-state index is 11.7. The van der Waals surface area contributed by atoms with E-state index in [2.05, 4.69) is 5.32 Å². The van der Waals surface area contributed by atoms with Crippen molar-refractivity contribution in [2.75, 3.05) is 30.9 Å². The highest BCUT2D eigenvalue weighted by molar-refractivity contribution is 5.96. The molecule has 98 valence electrons. The van der Waals surface area contributed by atoms with E-state index in [1.165, 1.54) is 0 Å².